The van der Waals surface area contributed by atoms with Crippen molar-refractivity contribution in [1.82, 2.24) is 9.29 Å². The van der Waals surface area contributed by atoms with Crippen LogP contribution in [0.3, 0.4) is 0 Å². The zero-order valence-electron chi connectivity index (χ0n) is 18.0. The fourth-order valence-corrected chi connectivity index (χ4v) is 6.96. The number of aryl methyl sites for hydroxylation is 1. The summed E-state index contributed by atoms with van der Waals surface area (Å²) >= 11 is 2.90. The summed E-state index contributed by atoms with van der Waals surface area (Å²) in [7, 11) is -3.72. The van der Waals surface area contributed by atoms with Gasteiger partial charge in [0.25, 0.3) is 5.91 Å². The predicted octanol–water partition coefficient (Wildman–Crippen LogP) is 5.01. The van der Waals surface area contributed by atoms with E-state index < -0.39 is 10.0 Å². The number of anilines is 1. The number of hydrogen-bond acceptors (Lipinski definition) is 7. The van der Waals surface area contributed by atoms with Gasteiger partial charge < -0.3 is 10.1 Å². The number of nitrogens with one attached hydrogen (secondary N) is 1. The standard InChI is InChI=1S/C22H25N3O4S3/c1-3-29-18-8-7-17(13-19(18)32(27,28)25-10-5-4-6-11-25)24-21(26)20-15(2)23-22(31-20)16-9-12-30-14-16/h7-9,12-14H,3-6,10-11H2,1-2H3,(H,24,26). The number of piperidine rings is 1. The highest BCUT2D eigenvalue weighted by atomic mass is 32.2. The van der Waals surface area contributed by atoms with Crippen LogP contribution in [0.4, 0.5) is 5.69 Å². The molecule has 7 nitrogen and oxygen atoms in total. The number of aromatic nitrogens is 1. The van der Waals surface area contributed by atoms with Gasteiger partial charge in [-0.1, -0.05) is 6.42 Å². The van der Waals surface area contributed by atoms with Gasteiger partial charge in [0.15, 0.2) is 0 Å². The van der Waals surface area contributed by atoms with Crippen molar-refractivity contribution in [2.45, 2.75) is 38.0 Å². The quantitative estimate of drug-likeness (QED) is 0.502. The van der Waals surface area contributed by atoms with Crippen LogP contribution in [-0.4, -0.2) is 43.3 Å². The highest BCUT2D eigenvalue weighted by Crippen LogP contribution is 2.33. The van der Waals surface area contributed by atoms with Gasteiger partial charge in [-0.15, -0.1) is 11.3 Å². The van der Waals surface area contributed by atoms with Crippen LogP contribution in [0.15, 0.2) is 39.9 Å². The number of benzene rings is 1. The Morgan fingerprint density at radius 2 is 2.00 bits per heavy atom. The minimum atomic E-state index is -3.72. The number of carbonyl (C=O) groups is 1. The van der Waals surface area contributed by atoms with E-state index in [1.54, 1.807) is 30.4 Å². The molecule has 32 heavy (non-hydrogen) atoms. The van der Waals surface area contributed by atoms with Crippen LogP contribution in [0.25, 0.3) is 10.6 Å². The van der Waals surface area contributed by atoms with Gasteiger partial charge in [0.2, 0.25) is 10.0 Å². The molecule has 170 valence electrons. The van der Waals surface area contributed by atoms with Crippen molar-refractivity contribution in [2.24, 2.45) is 0 Å². The molecular weight excluding hydrogens is 466 g/mol. The summed E-state index contributed by atoms with van der Waals surface area (Å²) in [5.41, 5.74) is 2.03. The number of thiazole rings is 1. The summed E-state index contributed by atoms with van der Waals surface area (Å²) in [6.07, 6.45) is 2.72. The Bertz CT molecular complexity index is 1200. The zero-order chi connectivity index (χ0) is 22.7. The molecule has 1 aromatic carbocycles. The van der Waals surface area contributed by atoms with Gasteiger partial charge >= 0.3 is 0 Å². The number of hydrogen-bond donors (Lipinski definition) is 1. The van der Waals surface area contributed by atoms with Gasteiger partial charge in [-0.05, 0) is 56.3 Å². The molecule has 1 saturated heterocycles. The molecule has 10 heteroatoms. The van der Waals surface area contributed by atoms with E-state index in [4.69, 9.17) is 4.74 Å². The van der Waals surface area contributed by atoms with Gasteiger partial charge in [-0.25, -0.2) is 13.4 Å². The smallest absolute Gasteiger partial charge is 0.267 e. The van der Waals surface area contributed by atoms with Gasteiger partial charge in [-0.3, -0.25) is 4.79 Å². The third-order valence-corrected chi connectivity index (χ3v) is 9.01. The lowest BCUT2D eigenvalue weighted by Gasteiger charge is -2.27. The van der Waals surface area contributed by atoms with Crippen LogP contribution in [0, 0.1) is 6.92 Å². The van der Waals surface area contributed by atoms with Gasteiger partial charge in [0, 0.05) is 29.7 Å². The first-order valence-electron chi connectivity index (χ1n) is 10.5. The normalized spacial score (nSPS) is 14.9. The third-order valence-electron chi connectivity index (χ3n) is 5.21. The van der Waals surface area contributed by atoms with Crippen LogP contribution < -0.4 is 10.1 Å². The number of carbonyl (C=O) groups excluding carboxylic acids is 1. The molecule has 1 N–H and O–H groups in total. The summed E-state index contributed by atoms with van der Waals surface area (Å²) in [5, 5.41) is 7.58. The fourth-order valence-electron chi connectivity index (χ4n) is 3.61. The van der Waals surface area contributed by atoms with Crippen molar-refractivity contribution >= 4 is 44.3 Å². The van der Waals surface area contributed by atoms with E-state index >= 15 is 0 Å². The number of ether oxygens (including phenoxy) is 1. The van der Waals surface area contributed by atoms with Crippen LogP contribution in [0.2, 0.25) is 0 Å². The molecular formula is C22H25N3O4S3. The molecule has 0 atom stereocenters. The molecule has 2 aromatic heterocycles. The number of sulfonamides is 1. The Balaban J connectivity index is 1.62. The van der Waals surface area contributed by atoms with Gasteiger partial charge in [0.05, 0.1) is 12.3 Å². The topological polar surface area (TPSA) is 88.6 Å². The second-order valence-corrected chi connectivity index (χ2v) is 11.1. The van der Waals surface area contributed by atoms with Crippen LogP contribution in [-0.2, 0) is 10.0 Å². The average Bonchev–Trinajstić information content (AvgIpc) is 3.45. The SMILES string of the molecule is CCOc1ccc(NC(=O)c2sc(-c3ccsc3)nc2C)cc1S(=O)(=O)N1CCCCC1. The number of amides is 1. The van der Waals surface area contributed by atoms with Crippen molar-refractivity contribution in [3.05, 3.63) is 45.6 Å². The van der Waals surface area contributed by atoms with Crippen LogP contribution in [0.1, 0.15) is 41.6 Å². The zero-order valence-corrected chi connectivity index (χ0v) is 20.4. The van der Waals surface area contributed by atoms with Crippen molar-refractivity contribution in [3.63, 3.8) is 0 Å². The minimum Gasteiger partial charge on any atom is -0.492 e. The lowest BCUT2D eigenvalue weighted by atomic mass is 10.2. The molecule has 0 bridgehead atoms. The Morgan fingerprint density at radius 3 is 2.69 bits per heavy atom. The van der Waals surface area contributed by atoms with E-state index in [2.05, 4.69) is 10.3 Å². The number of rotatable bonds is 7. The molecule has 0 unspecified atom stereocenters. The van der Waals surface area contributed by atoms with Gasteiger partial charge in [0.1, 0.15) is 20.5 Å². The average molecular weight is 492 g/mol. The molecule has 1 aliphatic rings. The molecule has 3 aromatic rings. The second kappa shape index (κ2) is 9.70. The minimum absolute atomic E-state index is 0.0824. The first-order chi connectivity index (χ1) is 15.4. The summed E-state index contributed by atoms with van der Waals surface area (Å²) in [5.74, 6) is -0.0169. The van der Waals surface area contributed by atoms with E-state index in [1.165, 1.54) is 21.7 Å². The van der Waals surface area contributed by atoms with E-state index in [0.29, 0.717) is 41.7 Å². The second-order valence-electron chi connectivity index (χ2n) is 7.46. The van der Waals surface area contributed by atoms with Crippen molar-refractivity contribution in [1.29, 1.82) is 0 Å². The summed E-state index contributed by atoms with van der Waals surface area (Å²) in [6.45, 7) is 4.95. The molecule has 4 rings (SSSR count). The third kappa shape index (κ3) is 4.73. The molecule has 0 radical (unpaired) electrons. The molecule has 3 heterocycles. The number of nitrogens with zero attached hydrogens (tertiary/aromatic N) is 2. The van der Waals surface area contributed by atoms with Crippen LogP contribution in [0.5, 0.6) is 5.75 Å². The van der Waals surface area contributed by atoms with Crippen molar-refractivity contribution < 1.29 is 17.9 Å². The maximum atomic E-state index is 13.3. The van der Waals surface area contributed by atoms with E-state index in [0.717, 1.165) is 29.8 Å². The lowest BCUT2D eigenvalue weighted by Crippen LogP contribution is -2.35. The number of thiophene rings is 1. The Morgan fingerprint density at radius 1 is 1.22 bits per heavy atom. The summed E-state index contributed by atoms with van der Waals surface area (Å²) in [4.78, 5) is 18.1. The maximum absolute atomic E-state index is 13.3. The highest BCUT2D eigenvalue weighted by Gasteiger charge is 2.29. The highest BCUT2D eigenvalue weighted by molar-refractivity contribution is 7.89. The first-order valence-corrected chi connectivity index (χ1v) is 13.7. The summed E-state index contributed by atoms with van der Waals surface area (Å²) in [6, 6.07) is 6.72. The molecule has 1 aliphatic heterocycles. The largest absolute Gasteiger partial charge is 0.492 e. The Kier molecular flexibility index (Phi) is 6.94. The summed E-state index contributed by atoms with van der Waals surface area (Å²) < 4.78 is 33.7. The molecule has 0 saturated carbocycles. The van der Waals surface area contributed by atoms with E-state index in [-0.39, 0.29) is 10.8 Å². The molecule has 1 amide bonds. The Hall–Kier alpha value is -2.27. The lowest BCUT2D eigenvalue weighted by molar-refractivity contribution is 0.102. The van der Waals surface area contributed by atoms with Gasteiger partial charge in [-0.2, -0.15) is 15.6 Å². The Labute approximate surface area is 196 Å². The van der Waals surface area contributed by atoms with Crippen LogP contribution >= 0.6 is 22.7 Å². The molecule has 0 aliphatic carbocycles. The monoisotopic (exact) mass is 491 g/mol. The van der Waals surface area contributed by atoms with E-state index in [1.807, 2.05) is 23.8 Å². The maximum Gasteiger partial charge on any atom is 0.267 e. The first kappa shape index (κ1) is 22.9. The van der Waals surface area contributed by atoms with E-state index in [9.17, 15) is 13.2 Å². The van der Waals surface area contributed by atoms with Crippen molar-refractivity contribution in [2.75, 3.05) is 25.0 Å². The predicted molar refractivity (Wildman–Crippen MR) is 128 cm³/mol. The fraction of sp³-hybridized carbons (Fsp3) is 0.364. The molecule has 0 spiro atoms. The molecule has 1 fully saturated rings. The van der Waals surface area contributed by atoms with Crippen molar-refractivity contribution in [3.8, 4) is 16.3 Å².